The summed E-state index contributed by atoms with van der Waals surface area (Å²) in [4.78, 5) is 7.22. The van der Waals surface area contributed by atoms with Crippen LogP contribution in [0.4, 0.5) is 5.69 Å². The molecular weight excluding hydrogens is 302 g/mol. The summed E-state index contributed by atoms with van der Waals surface area (Å²) in [6.45, 7) is 2.35. The van der Waals surface area contributed by atoms with Gasteiger partial charge in [-0.1, -0.05) is 6.07 Å². The van der Waals surface area contributed by atoms with Crippen LogP contribution in [-0.2, 0) is 10.0 Å². The summed E-state index contributed by atoms with van der Waals surface area (Å²) in [5.41, 5.74) is 0.394. The third kappa shape index (κ3) is 3.58. The highest BCUT2D eigenvalue weighted by Crippen LogP contribution is 2.20. The van der Waals surface area contributed by atoms with Crippen molar-refractivity contribution in [2.75, 3.05) is 11.3 Å². The molecule has 0 aliphatic heterocycles. The van der Waals surface area contributed by atoms with E-state index in [4.69, 9.17) is 16.3 Å². The lowest BCUT2D eigenvalue weighted by molar-refractivity contribution is 0.340. The van der Waals surface area contributed by atoms with Crippen molar-refractivity contribution >= 4 is 27.3 Å². The number of halogens is 1. The quantitative estimate of drug-likeness (QED) is 0.857. The Balaban J connectivity index is 2.24. The van der Waals surface area contributed by atoms with Gasteiger partial charge in [0, 0.05) is 6.07 Å². The van der Waals surface area contributed by atoms with E-state index in [-0.39, 0.29) is 10.2 Å². The zero-order valence-corrected chi connectivity index (χ0v) is 12.1. The maximum Gasteiger partial charge on any atom is 0.264 e. The second-order valence-corrected chi connectivity index (χ2v) is 5.77. The molecule has 8 heteroatoms. The molecule has 0 radical (unpaired) electrons. The molecule has 20 heavy (non-hydrogen) atoms. The van der Waals surface area contributed by atoms with Gasteiger partial charge in [0.15, 0.2) is 0 Å². The maximum absolute atomic E-state index is 12.1. The van der Waals surface area contributed by atoms with Gasteiger partial charge in [-0.25, -0.2) is 18.4 Å². The molecule has 1 N–H and O–H groups in total. The minimum Gasteiger partial charge on any atom is -0.494 e. The first-order valence-electron chi connectivity index (χ1n) is 5.74. The standard InChI is InChI=1S/C12H12ClN3O3S/c1-2-19-10-5-3-4-9(6-10)16-20(17,18)11-7-14-12(13)15-8-11/h3-8,16H,2H2,1H3. The van der Waals surface area contributed by atoms with E-state index < -0.39 is 10.0 Å². The molecule has 106 valence electrons. The van der Waals surface area contributed by atoms with Crippen LogP contribution in [0, 0.1) is 0 Å². The van der Waals surface area contributed by atoms with Crippen LogP contribution in [0.1, 0.15) is 6.92 Å². The number of anilines is 1. The summed E-state index contributed by atoms with van der Waals surface area (Å²) in [7, 11) is -3.75. The average molecular weight is 314 g/mol. The molecule has 0 aliphatic carbocycles. The van der Waals surface area contributed by atoms with Crippen LogP contribution in [0.5, 0.6) is 5.75 Å². The first-order chi connectivity index (χ1) is 9.51. The van der Waals surface area contributed by atoms with Crippen molar-refractivity contribution in [1.82, 2.24) is 9.97 Å². The van der Waals surface area contributed by atoms with Gasteiger partial charge in [0.2, 0.25) is 5.28 Å². The van der Waals surface area contributed by atoms with Crippen molar-refractivity contribution in [3.8, 4) is 5.75 Å². The lowest BCUT2D eigenvalue weighted by Gasteiger charge is -2.09. The molecule has 1 aromatic carbocycles. The Bertz CT molecular complexity index is 689. The average Bonchev–Trinajstić information content (AvgIpc) is 2.39. The third-order valence-electron chi connectivity index (χ3n) is 2.30. The fraction of sp³-hybridized carbons (Fsp3) is 0.167. The molecule has 0 atom stereocenters. The topological polar surface area (TPSA) is 81.2 Å². The number of ether oxygens (including phenoxy) is 1. The molecule has 0 spiro atoms. The van der Waals surface area contributed by atoms with E-state index in [1.54, 1.807) is 24.3 Å². The van der Waals surface area contributed by atoms with E-state index in [1.165, 1.54) is 0 Å². The zero-order valence-electron chi connectivity index (χ0n) is 10.6. The third-order valence-corrected chi connectivity index (χ3v) is 3.84. The molecule has 0 unspecified atom stereocenters. The van der Waals surface area contributed by atoms with Crippen molar-refractivity contribution < 1.29 is 13.2 Å². The van der Waals surface area contributed by atoms with Gasteiger partial charge in [0.1, 0.15) is 10.6 Å². The minimum absolute atomic E-state index is 0.0118. The summed E-state index contributed by atoms with van der Waals surface area (Å²) in [5, 5.41) is -0.0118. The molecule has 6 nitrogen and oxygen atoms in total. The summed E-state index contributed by atoms with van der Waals surface area (Å²) in [5.74, 6) is 0.583. The van der Waals surface area contributed by atoms with Gasteiger partial charge in [-0.3, -0.25) is 4.72 Å². The van der Waals surface area contributed by atoms with Gasteiger partial charge in [-0.05, 0) is 30.7 Å². The molecule has 1 aromatic heterocycles. The van der Waals surface area contributed by atoms with Gasteiger partial charge in [0.25, 0.3) is 10.0 Å². The number of hydrogen-bond acceptors (Lipinski definition) is 5. The van der Waals surface area contributed by atoms with Crippen LogP contribution in [0.25, 0.3) is 0 Å². The highest BCUT2D eigenvalue weighted by molar-refractivity contribution is 7.92. The smallest absolute Gasteiger partial charge is 0.264 e. The van der Waals surface area contributed by atoms with Crippen LogP contribution in [0.15, 0.2) is 41.6 Å². The highest BCUT2D eigenvalue weighted by Gasteiger charge is 2.15. The SMILES string of the molecule is CCOc1cccc(NS(=O)(=O)c2cnc(Cl)nc2)c1. The molecule has 0 aliphatic rings. The van der Waals surface area contributed by atoms with E-state index in [1.807, 2.05) is 6.92 Å². The van der Waals surface area contributed by atoms with Gasteiger partial charge < -0.3 is 4.74 Å². The summed E-state index contributed by atoms with van der Waals surface area (Å²) >= 11 is 5.52. The fourth-order valence-electron chi connectivity index (χ4n) is 1.47. The van der Waals surface area contributed by atoms with Crippen molar-refractivity contribution in [3.63, 3.8) is 0 Å². The number of sulfonamides is 1. The predicted octanol–water partition coefficient (Wildman–Crippen LogP) is 2.33. The van der Waals surface area contributed by atoms with E-state index in [0.717, 1.165) is 12.4 Å². The lowest BCUT2D eigenvalue weighted by atomic mass is 10.3. The molecule has 2 rings (SSSR count). The Hall–Kier alpha value is -1.86. The second kappa shape index (κ2) is 6.06. The predicted molar refractivity (Wildman–Crippen MR) is 75.5 cm³/mol. The number of hydrogen-bond donors (Lipinski definition) is 1. The van der Waals surface area contributed by atoms with Gasteiger partial charge >= 0.3 is 0 Å². The van der Waals surface area contributed by atoms with Crippen molar-refractivity contribution in [2.45, 2.75) is 11.8 Å². The Kier molecular flexibility index (Phi) is 4.41. The molecule has 1 heterocycles. The number of nitrogens with one attached hydrogen (secondary N) is 1. The molecule has 2 aromatic rings. The molecule has 0 fully saturated rings. The Morgan fingerprint density at radius 1 is 1.30 bits per heavy atom. The van der Waals surface area contributed by atoms with Gasteiger partial charge in [-0.15, -0.1) is 0 Å². The Morgan fingerprint density at radius 2 is 2.00 bits per heavy atom. The van der Waals surface area contributed by atoms with Crippen molar-refractivity contribution in [3.05, 3.63) is 41.9 Å². The lowest BCUT2D eigenvalue weighted by Crippen LogP contribution is -2.13. The normalized spacial score (nSPS) is 11.1. The monoisotopic (exact) mass is 313 g/mol. The van der Waals surface area contributed by atoms with E-state index in [2.05, 4.69) is 14.7 Å². The fourth-order valence-corrected chi connectivity index (χ4v) is 2.50. The van der Waals surface area contributed by atoms with Crippen LogP contribution in [0.2, 0.25) is 5.28 Å². The number of rotatable bonds is 5. The van der Waals surface area contributed by atoms with Gasteiger partial charge in [-0.2, -0.15) is 0 Å². The molecule has 0 bridgehead atoms. The molecule has 0 amide bonds. The first-order valence-corrected chi connectivity index (χ1v) is 7.60. The van der Waals surface area contributed by atoms with Gasteiger partial charge in [0.05, 0.1) is 24.7 Å². The first kappa shape index (κ1) is 14.5. The number of benzene rings is 1. The summed E-state index contributed by atoms with van der Waals surface area (Å²) in [6.07, 6.45) is 2.29. The minimum atomic E-state index is -3.75. The molecule has 0 saturated heterocycles. The number of nitrogens with zero attached hydrogens (tertiary/aromatic N) is 2. The number of aromatic nitrogens is 2. The second-order valence-electron chi connectivity index (χ2n) is 3.75. The Morgan fingerprint density at radius 3 is 2.65 bits per heavy atom. The van der Waals surface area contributed by atoms with Crippen molar-refractivity contribution in [1.29, 1.82) is 0 Å². The maximum atomic E-state index is 12.1. The van der Waals surface area contributed by atoms with Crippen LogP contribution < -0.4 is 9.46 Å². The van der Waals surface area contributed by atoms with Crippen molar-refractivity contribution in [2.24, 2.45) is 0 Å². The van der Waals surface area contributed by atoms with E-state index >= 15 is 0 Å². The largest absolute Gasteiger partial charge is 0.494 e. The van der Waals surface area contributed by atoms with Crippen LogP contribution >= 0.6 is 11.6 Å². The van der Waals surface area contributed by atoms with E-state index in [0.29, 0.717) is 18.0 Å². The van der Waals surface area contributed by atoms with Crippen LogP contribution in [0.3, 0.4) is 0 Å². The summed E-state index contributed by atoms with van der Waals surface area (Å²) in [6, 6.07) is 6.66. The van der Waals surface area contributed by atoms with E-state index in [9.17, 15) is 8.42 Å². The zero-order chi connectivity index (χ0) is 14.6. The summed E-state index contributed by atoms with van der Waals surface area (Å²) < 4.78 is 31.9. The molecule has 0 saturated carbocycles. The van der Waals surface area contributed by atoms with Crippen LogP contribution in [-0.4, -0.2) is 25.0 Å². The Labute approximate surface area is 121 Å². The highest BCUT2D eigenvalue weighted by atomic mass is 35.5. The molecular formula is C12H12ClN3O3S.